The van der Waals surface area contributed by atoms with Gasteiger partial charge in [0.2, 0.25) is 4.96 Å². The first kappa shape index (κ1) is 12.2. The number of rotatable bonds is 2. The Labute approximate surface area is 123 Å². The van der Waals surface area contributed by atoms with Crippen molar-refractivity contribution in [2.75, 3.05) is 18.9 Å². The van der Waals surface area contributed by atoms with Crippen molar-refractivity contribution < 1.29 is 4.74 Å². The lowest BCUT2D eigenvalue weighted by Crippen LogP contribution is -2.16. The number of nitrogens with two attached hydrogens (primary N) is 1. The molecule has 0 atom stereocenters. The average molecular weight is 307 g/mol. The van der Waals surface area contributed by atoms with Crippen molar-refractivity contribution in [1.29, 1.82) is 0 Å². The quantitative estimate of drug-likeness (QED) is 0.786. The van der Waals surface area contributed by atoms with Gasteiger partial charge in [-0.1, -0.05) is 11.3 Å². The highest BCUT2D eigenvalue weighted by atomic mass is 32.1. The maximum atomic E-state index is 5.97. The first-order valence-electron chi connectivity index (χ1n) is 6.46. The third-order valence-corrected chi connectivity index (χ3v) is 5.21. The van der Waals surface area contributed by atoms with Crippen LogP contribution in [0.3, 0.4) is 0 Å². The fourth-order valence-corrected chi connectivity index (χ4v) is 4.04. The average Bonchev–Trinajstić information content (AvgIpc) is 3.13. The van der Waals surface area contributed by atoms with Gasteiger partial charge in [-0.2, -0.15) is 9.61 Å². The van der Waals surface area contributed by atoms with Crippen LogP contribution in [0.2, 0.25) is 0 Å². The second kappa shape index (κ2) is 4.80. The SMILES string of the molecule is Nc1sccc1-c1nn2c(C3CCOCC3)nnc2s1. The van der Waals surface area contributed by atoms with Crippen molar-refractivity contribution in [2.45, 2.75) is 18.8 Å². The molecule has 0 radical (unpaired) electrons. The summed E-state index contributed by atoms with van der Waals surface area (Å²) in [6, 6.07) is 2.00. The normalized spacial score (nSPS) is 17.0. The molecule has 20 heavy (non-hydrogen) atoms. The van der Waals surface area contributed by atoms with Crippen LogP contribution in [0.15, 0.2) is 11.4 Å². The number of hydrogen-bond donors (Lipinski definition) is 1. The lowest BCUT2D eigenvalue weighted by Gasteiger charge is -2.19. The highest BCUT2D eigenvalue weighted by molar-refractivity contribution is 7.20. The molecular weight excluding hydrogens is 294 g/mol. The van der Waals surface area contributed by atoms with Crippen LogP contribution in [0.1, 0.15) is 24.6 Å². The van der Waals surface area contributed by atoms with Gasteiger partial charge in [0.25, 0.3) is 0 Å². The van der Waals surface area contributed by atoms with Gasteiger partial charge in [-0.3, -0.25) is 0 Å². The van der Waals surface area contributed by atoms with E-state index >= 15 is 0 Å². The van der Waals surface area contributed by atoms with Gasteiger partial charge >= 0.3 is 0 Å². The molecule has 0 aromatic carbocycles. The Hall–Kier alpha value is -1.51. The summed E-state index contributed by atoms with van der Waals surface area (Å²) in [4.78, 5) is 0.826. The largest absolute Gasteiger partial charge is 0.390 e. The molecule has 4 rings (SSSR count). The predicted molar refractivity (Wildman–Crippen MR) is 79.2 cm³/mol. The van der Waals surface area contributed by atoms with Crippen LogP contribution in [0.25, 0.3) is 15.5 Å². The monoisotopic (exact) mass is 307 g/mol. The number of fused-ring (bicyclic) bond motifs is 1. The van der Waals surface area contributed by atoms with E-state index in [9.17, 15) is 0 Å². The predicted octanol–water partition coefficient (Wildman–Crippen LogP) is 2.39. The van der Waals surface area contributed by atoms with Crippen LogP contribution < -0.4 is 5.73 Å². The summed E-state index contributed by atoms with van der Waals surface area (Å²) in [6.45, 7) is 1.57. The van der Waals surface area contributed by atoms with Crippen molar-refractivity contribution in [2.24, 2.45) is 0 Å². The molecular formula is C12H13N5OS2. The Kier molecular flexibility index (Phi) is 2.94. The maximum absolute atomic E-state index is 5.97. The number of aromatic nitrogens is 4. The van der Waals surface area contributed by atoms with Crippen LogP contribution in [-0.4, -0.2) is 33.0 Å². The Morgan fingerprint density at radius 1 is 1.30 bits per heavy atom. The first-order valence-corrected chi connectivity index (χ1v) is 8.16. The third kappa shape index (κ3) is 1.91. The molecule has 1 fully saturated rings. The Morgan fingerprint density at radius 3 is 2.90 bits per heavy atom. The second-order valence-corrected chi connectivity index (χ2v) is 6.65. The van der Waals surface area contributed by atoms with Gasteiger partial charge in [0.05, 0.1) is 5.00 Å². The van der Waals surface area contributed by atoms with Crippen molar-refractivity contribution in [3.8, 4) is 10.6 Å². The van der Waals surface area contributed by atoms with E-state index in [2.05, 4.69) is 15.3 Å². The highest BCUT2D eigenvalue weighted by Gasteiger charge is 2.23. The highest BCUT2D eigenvalue weighted by Crippen LogP contribution is 2.34. The zero-order valence-electron chi connectivity index (χ0n) is 10.7. The van der Waals surface area contributed by atoms with E-state index in [0.29, 0.717) is 5.92 Å². The molecule has 3 aromatic heterocycles. The molecule has 104 valence electrons. The standard InChI is InChI=1S/C12H13N5OS2/c13-9-8(3-6-19-9)11-16-17-10(14-15-12(17)20-11)7-1-4-18-5-2-7/h3,6-7H,1-2,4-5,13H2. The summed E-state index contributed by atoms with van der Waals surface area (Å²) in [6.07, 6.45) is 1.96. The van der Waals surface area contributed by atoms with Crippen molar-refractivity contribution >= 4 is 32.6 Å². The summed E-state index contributed by atoms with van der Waals surface area (Å²) in [5, 5.41) is 16.9. The second-order valence-electron chi connectivity index (χ2n) is 4.74. The molecule has 6 nitrogen and oxygen atoms in total. The summed E-state index contributed by atoms with van der Waals surface area (Å²) in [7, 11) is 0. The fraction of sp³-hybridized carbons (Fsp3) is 0.417. The first-order chi connectivity index (χ1) is 9.83. The summed E-state index contributed by atoms with van der Waals surface area (Å²) in [5.41, 5.74) is 6.96. The van der Waals surface area contributed by atoms with Crippen LogP contribution in [0, 0.1) is 0 Å². The van der Waals surface area contributed by atoms with Gasteiger partial charge in [-0.15, -0.1) is 21.5 Å². The van der Waals surface area contributed by atoms with Crippen LogP contribution in [0.5, 0.6) is 0 Å². The molecule has 3 aromatic rings. The lowest BCUT2D eigenvalue weighted by atomic mass is 10.00. The molecule has 1 aliphatic heterocycles. The molecule has 1 aliphatic rings. The number of nitrogen functional groups attached to an aromatic ring is 1. The number of anilines is 1. The Bertz CT molecular complexity index is 740. The molecule has 0 bridgehead atoms. The molecule has 8 heteroatoms. The summed E-state index contributed by atoms with van der Waals surface area (Å²) >= 11 is 3.05. The van der Waals surface area contributed by atoms with E-state index in [-0.39, 0.29) is 0 Å². The maximum Gasteiger partial charge on any atom is 0.234 e. The lowest BCUT2D eigenvalue weighted by molar-refractivity contribution is 0.0832. The van der Waals surface area contributed by atoms with Gasteiger partial charge in [0.1, 0.15) is 0 Å². The van der Waals surface area contributed by atoms with E-state index < -0.39 is 0 Å². The molecule has 0 saturated carbocycles. The smallest absolute Gasteiger partial charge is 0.234 e. The molecule has 0 amide bonds. The number of nitrogens with zero attached hydrogens (tertiary/aromatic N) is 4. The summed E-state index contributed by atoms with van der Waals surface area (Å²) in [5.74, 6) is 1.33. The zero-order valence-corrected chi connectivity index (χ0v) is 12.3. The number of hydrogen-bond acceptors (Lipinski definition) is 7. The van der Waals surface area contributed by atoms with Gasteiger partial charge in [-0.05, 0) is 24.3 Å². The fourth-order valence-electron chi connectivity index (χ4n) is 2.45. The van der Waals surface area contributed by atoms with Crippen molar-refractivity contribution in [1.82, 2.24) is 19.8 Å². The molecule has 0 spiro atoms. The van der Waals surface area contributed by atoms with Crippen LogP contribution in [0.4, 0.5) is 5.00 Å². The molecule has 0 aliphatic carbocycles. The van der Waals surface area contributed by atoms with E-state index in [1.807, 2.05) is 16.0 Å². The third-order valence-electron chi connectivity index (χ3n) is 3.53. The number of thiophene rings is 1. The molecule has 4 heterocycles. The minimum absolute atomic E-state index is 0.383. The zero-order chi connectivity index (χ0) is 13.5. The van der Waals surface area contributed by atoms with E-state index in [1.54, 1.807) is 0 Å². The minimum Gasteiger partial charge on any atom is -0.390 e. The van der Waals surface area contributed by atoms with Gasteiger partial charge in [-0.25, -0.2) is 0 Å². The molecule has 1 saturated heterocycles. The Morgan fingerprint density at radius 2 is 2.15 bits per heavy atom. The van der Waals surface area contributed by atoms with Crippen LogP contribution >= 0.6 is 22.7 Å². The topological polar surface area (TPSA) is 78.3 Å². The molecule has 2 N–H and O–H groups in total. The van der Waals surface area contributed by atoms with E-state index in [1.165, 1.54) is 22.7 Å². The van der Waals surface area contributed by atoms with Crippen LogP contribution in [-0.2, 0) is 4.74 Å². The number of ether oxygens (including phenoxy) is 1. The molecule has 0 unspecified atom stereocenters. The van der Waals surface area contributed by atoms with Crippen molar-refractivity contribution in [3.05, 3.63) is 17.3 Å². The minimum atomic E-state index is 0.383. The van der Waals surface area contributed by atoms with Gasteiger partial charge in [0.15, 0.2) is 10.8 Å². The van der Waals surface area contributed by atoms with E-state index in [4.69, 9.17) is 10.5 Å². The Balaban J connectivity index is 1.77. The van der Waals surface area contributed by atoms with Gasteiger partial charge in [0, 0.05) is 24.7 Å². The van der Waals surface area contributed by atoms with Crippen molar-refractivity contribution in [3.63, 3.8) is 0 Å². The summed E-state index contributed by atoms with van der Waals surface area (Å²) < 4.78 is 7.27. The van der Waals surface area contributed by atoms with Gasteiger partial charge < -0.3 is 10.5 Å². The van der Waals surface area contributed by atoms with E-state index in [0.717, 1.165) is 52.4 Å².